The van der Waals surface area contributed by atoms with Crippen molar-refractivity contribution in [3.63, 3.8) is 0 Å². The van der Waals surface area contributed by atoms with Gasteiger partial charge in [0.15, 0.2) is 9.84 Å². The molecule has 0 saturated heterocycles. The first-order chi connectivity index (χ1) is 10.5. The molecule has 2 rings (SSSR count). The van der Waals surface area contributed by atoms with Crippen LogP contribution in [-0.2, 0) is 27.5 Å². The van der Waals surface area contributed by atoms with Gasteiger partial charge in [0, 0.05) is 19.3 Å². The number of fused-ring (bicyclic) bond motifs is 1. The van der Waals surface area contributed by atoms with Gasteiger partial charge in [0.2, 0.25) is 5.91 Å². The lowest BCUT2D eigenvalue weighted by atomic mass is 9.84. The molecule has 4 nitrogen and oxygen atoms in total. The molecule has 1 heterocycles. The molecule has 0 radical (unpaired) electrons. The number of carbonyl (C=O) groups excluding carboxylic acids is 1. The van der Waals surface area contributed by atoms with E-state index in [0.717, 1.165) is 23.1 Å². The van der Waals surface area contributed by atoms with Gasteiger partial charge in [-0.25, -0.2) is 8.42 Å². The Balaban J connectivity index is 2.24. The maximum Gasteiger partial charge on any atom is 0.232 e. The molecule has 1 amide bonds. The third-order valence-corrected chi connectivity index (χ3v) is 5.91. The highest BCUT2D eigenvalue weighted by Crippen LogP contribution is 2.29. The fourth-order valence-corrected chi connectivity index (χ4v) is 3.38. The number of nitrogens with zero attached hydrogens (tertiary/aromatic N) is 1. The summed E-state index contributed by atoms with van der Waals surface area (Å²) in [6.07, 6.45) is 2.64. The number of sulfone groups is 1. The molecule has 1 aliphatic heterocycles. The summed E-state index contributed by atoms with van der Waals surface area (Å²) in [6.45, 7) is 10.9. The van der Waals surface area contributed by atoms with Gasteiger partial charge >= 0.3 is 0 Å². The average Bonchev–Trinajstić information content (AvgIpc) is 2.67. The van der Waals surface area contributed by atoms with Crippen LogP contribution in [0.1, 0.15) is 31.9 Å². The number of amides is 1. The van der Waals surface area contributed by atoms with Crippen LogP contribution >= 0.6 is 0 Å². The van der Waals surface area contributed by atoms with E-state index in [1.54, 1.807) is 12.1 Å². The summed E-state index contributed by atoms with van der Waals surface area (Å²) in [7, 11) is -3.20. The fraction of sp³-hybridized carbons (Fsp3) is 0.500. The van der Waals surface area contributed by atoms with Crippen LogP contribution in [0, 0.1) is 5.41 Å². The summed E-state index contributed by atoms with van der Waals surface area (Å²) in [4.78, 5) is 15.0. The molecule has 0 saturated carbocycles. The van der Waals surface area contributed by atoms with Crippen molar-refractivity contribution in [1.29, 1.82) is 0 Å². The van der Waals surface area contributed by atoms with Crippen molar-refractivity contribution >= 4 is 15.7 Å². The zero-order valence-electron chi connectivity index (χ0n) is 14.3. The van der Waals surface area contributed by atoms with Crippen LogP contribution in [0.25, 0.3) is 0 Å². The predicted molar refractivity (Wildman–Crippen MR) is 92.1 cm³/mol. The van der Waals surface area contributed by atoms with Crippen LogP contribution in [0.5, 0.6) is 0 Å². The number of hydrogen-bond donors (Lipinski definition) is 0. The quantitative estimate of drug-likeness (QED) is 0.798. The second kappa shape index (κ2) is 6.11. The molecular weight excluding hydrogens is 310 g/mol. The highest BCUT2D eigenvalue weighted by molar-refractivity contribution is 7.90. The number of rotatable bonds is 3. The number of carbonyl (C=O) groups is 1. The standard InChI is InChI=1S/C18H25NO3S/c1-13(2)18(3,4)17(20)19-10-8-14-6-7-16(23(5,21)22)12-15(14)9-11-19/h6-7,12H,1,8-11H2,2-5H3. The Bertz CT molecular complexity index is 748. The maximum atomic E-state index is 12.8. The van der Waals surface area contributed by atoms with Gasteiger partial charge in [-0.3, -0.25) is 4.79 Å². The van der Waals surface area contributed by atoms with Crippen LogP contribution in [-0.4, -0.2) is 38.6 Å². The van der Waals surface area contributed by atoms with Crippen molar-refractivity contribution in [3.05, 3.63) is 41.5 Å². The van der Waals surface area contributed by atoms with Gasteiger partial charge in [0.1, 0.15) is 0 Å². The van der Waals surface area contributed by atoms with E-state index in [1.165, 1.54) is 6.26 Å². The zero-order chi connectivity index (χ0) is 17.4. The van der Waals surface area contributed by atoms with Crippen LogP contribution in [0.3, 0.4) is 0 Å². The van der Waals surface area contributed by atoms with Crippen LogP contribution in [0.15, 0.2) is 35.2 Å². The second-order valence-electron chi connectivity index (χ2n) is 6.90. The Kier molecular flexibility index (Phi) is 4.71. The van der Waals surface area contributed by atoms with Crippen molar-refractivity contribution in [2.45, 2.75) is 38.5 Å². The molecule has 5 heteroatoms. The molecule has 23 heavy (non-hydrogen) atoms. The molecule has 1 aromatic carbocycles. The zero-order valence-corrected chi connectivity index (χ0v) is 15.2. The monoisotopic (exact) mass is 335 g/mol. The minimum Gasteiger partial charge on any atom is -0.341 e. The fourth-order valence-electron chi connectivity index (χ4n) is 2.71. The molecular formula is C18H25NO3S. The lowest BCUT2D eigenvalue weighted by Gasteiger charge is -2.31. The highest BCUT2D eigenvalue weighted by atomic mass is 32.2. The van der Waals surface area contributed by atoms with Crippen molar-refractivity contribution < 1.29 is 13.2 Å². The van der Waals surface area contributed by atoms with E-state index >= 15 is 0 Å². The van der Waals surface area contributed by atoms with Gasteiger partial charge in [0.05, 0.1) is 10.3 Å². The van der Waals surface area contributed by atoms with E-state index in [1.807, 2.05) is 31.7 Å². The molecule has 0 atom stereocenters. The molecule has 126 valence electrons. The molecule has 0 bridgehead atoms. The smallest absolute Gasteiger partial charge is 0.232 e. The van der Waals surface area contributed by atoms with Crippen LogP contribution in [0.4, 0.5) is 0 Å². The average molecular weight is 335 g/mol. The number of hydrogen-bond acceptors (Lipinski definition) is 3. The lowest BCUT2D eigenvalue weighted by Crippen LogP contribution is -2.42. The van der Waals surface area contributed by atoms with Gasteiger partial charge < -0.3 is 4.90 Å². The first-order valence-electron chi connectivity index (χ1n) is 7.80. The second-order valence-corrected chi connectivity index (χ2v) is 8.92. The first kappa shape index (κ1) is 17.7. The Morgan fingerprint density at radius 2 is 1.74 bits per heavy atom. The SMILES string of the molecule is C=C(C)C(C)(C)C(=O)N1CCc2ccc(S(C)(=O)=O)cc2CC1. The predicted octanol–water partition coefficient (Wildman–Crippen LogP) is 2.62. The third kappa shape index (κ3) is 3.66. The van der Waals surface area contributed by atoms with Gasteiger partial charge in [-0.05, 0) is 56.9 Å². The minimum absolute atomic E-state index is 0.0844. The Morgan fingerprint density at radius 1 is 1.17 bits per heavy atom. The van der Waals surface area contributed by atoms with E-state index in [9.17, 15) is 13.2 Å². The van der Waals surface area contributed by atoms with Gasteiger partial charge in [-0.15, -0.1) is 0 Å². The summed E-state index contributed by atoms with van der Waals surface area (Å²) >= 11 is 0. The molecule has 0 aliphatic carbocycles. The Hall–Kier alpha value is -1.62. The maximum absolute atomic E-state index is 12.8. The van der Waals surface area contributed by atoms with Gasteiger partial charge in [0.25, 0.3) is 0 Å². The summed E-state index contributed by atoms with van der Waals surface area (Å²) in [6, 6.07) is 5.29. The normalized spacial score (nSPS) is 15.7. The summed E-state index contributed by atoms with van der Waals surface area (Å²) < 4.78 is 23.4. The van der Waals surface area contributed by atoms with Crippen molar-refractivity contribution in [2.75, 3.05) is 19.3 Å². The molecule has 0 fully saturated rings. The molecule has 1 aliphatic rings. The van der Waals surface area contributed by atoms with Gasteiger partial charge in [-0.1, -0.05) is 18.2 Å². The summed E-state index contributed by atoms with van der Waals surface area (Å²) in [5.41, 5.74) is 2.43. The largest absolute Gasteiger partial charge is 0.341 e. The molecule has 0 spiro atoms. The Labute approximate surface area is 139 Å². The molecule has 0 unspecified atom stereocenters. The molecule has 1 aromatic rings. The van der Waals surface area contributed by atoms with E-state index in [4.69, 9.17) is 0 Å². The van der Waals surface area contributed by atoms with E-state index < -0.39 is 15.3 Å². The third-order valence-electron chi connectivity index (χ3n) is 4.80. The van der Waals surface area contributed by atoms with E-state index in [0.29, 0.717) is 24.4 Å². The Morgan fingerprint density at radius 3 is 2.26 bits per heavy atom. The summed E-state index contributed by atoms with van der Waals surface area (Å²) in [5, 5.41) is 0. The topological polar surface area (TPSA) is 54.5 Å². The van der Waals surface area contributed by atoms with Crippen LogP contribution in [0.2, 0.25) is 0 Å². The van der Waals surface area contributed by atoms with Crippen molar-refractivity contribution in [1.82, 2.24) is 4.90 Å². The highest BCUT2D eigenvalue weighted by Gasteiger charge is 2.33. The first-order valence-corrected chi connectivity index (χ1v) is 9.70. The minimum atomic E-state index is -3.20. The van der Waals surface area contributed by atoms with Gasteiger partial charge in [-0.2, -0.15) is 0 Å². The van der Waals surface area contributed by atoms with Crippen molar-refractivity contribution in [2.24, 2.45) is 5.41 Å². The van der Waals surface area contributed by atoms with E-state index in [-0.39, 0.29) is 5.91 Å². The number of benzene rings is 1. The van der Waals surface area contributed by atoms with Crippen molar-refractivity contribution in [3.8, 4) is 0 Å². The summed E-state index contributed by atoms with van der Waals surface area (Å²) in [5.74, 6) is 0.0844. The molecule has 0 N–H and O–H groups in total. The molecule has 0 aromatic heterocycles. The van der Waals surface area contributed by atoms with E-state index in [2.05, 4.69) is 6.58 Å². The lowest BCUT2D eigenvalue weighted by molar-refractivity contribution is -0.138. The van der Waals surface area contributed by atoms with Crippen LogP contribution < -0.4 is 0 Å².